The first kappa shape index (κ1) is 17.2. The molecular formula is C15H23N3O2S. The average molecular weight is 309 g/mol. The Morgan fingerprint density at radius 2 is 1.90 bits per heavy atom. The van der Waals surface area contributed by atoms with Crippen molar-refractivity contribution >= 4 is 29.1 Å². The van der Waals surface area contributed by atoms with E-state index in [9.17, 15) is 4.79 Å². The van der Waals surface area contributed by atoms with Gasteiger partial charge in [-0.1, -0.05) is 26.0 Å². The third-order valence-corrected chi connectivity index (χ3v) is 2.78. The standard InChI is InChI=1S/C15H23N3O2S/c1-4-16-14(21)18-13-7-5-12(6-8-13)9-17-15(19)20-10-11(2)3/h5-8,11H,4,9-10H2,1-3H3,(H,17,19)(H2,16,18,21). The number of nitrogens with one attached hydrogen (secondary N) is 3. The summed E-state index contributed by atoms with van der Waals surface area (Å²) in [5, 5.41) is 9.41. The quantitative estimate of drug-likeness (QED) is 0.705. The maximum absolute atomic E-state index is 11.4. The molecule has 21 heavy (non-hydrogen) atoms. The second-order valence-corrected chi connectivity index (χ2v) is 5.44. The van der Waals surface area contributed by atoms with Gasteiger partial charge in [-0.2, -0.15) is 0 Å². The first-order chi connectivity index (χ1) is 10.0. The van der Waals surface area contributed by atoms with Crippen LogP contribution in [0, 0.1) is 5.92 Å². The number of benzene rings is 1. The number of hydrogen-bond donors (Lipinski definition) is 3. The van der Waals surface area contributed by atoms with Crippen LogP contribution < -0.4 is 16.0 Å². The van der Waals surface area contributed by atoms with Gasteiger partial charge in [0.2, 0.25) is 0 Å². The van der Waals surface area contributed by atoms with E-state index < -0.39 is 0 Å². The summed E-state index contributed by atoms with van der Waals surface area (Å²) in [7, 11) is 0. The van der Waals surface area contributed by atoms with E-state index in [-0.39, 0.29) is 6.09 Å². The largest absolute Gasteiger partial charge is 0.449 e. The van der Waals surface area contributed by atoms with Crippen LogP contribution in [0.15, 0.2) is 24.3 Å². The second-order valence-electron chi connectivity index (χ2n) is 5.03. The number of thiocarbonyl (C=S) groups is 1. The molecule has 0 unspecified atom stereocenters. The van der Waals surface area contributed by atoms with Crippen LogP contribution in [0.2, 0.25) is 0 Å². The molecule has 0 aliphatic rings. The lowest BCUT2D eigenvalue weighted by molar-refractivity contribution is 0.132. The highest BCUT2D eigenvalue weighted by Gasteiger charge is 2.03. The molecule has 0 bridgehead atoms. The lowest BCUT2D eigenvalue weighted by Gasteiger charge is -2.10. The summed E-state index contributed by atoms with van der Waals surface area (Å²) in [5.41, 5.74) is 1.91. The SMILES string of the molecule is CCNC(=S)Nc1ccc(CNC(=O)OCC(C)C)cc1. The molecule has 0 atom stereocenters. The van der Waals surface area contributed by atoms with Crippen molar-refractivity contribution < 1.29 is 9.53 Å². The van der Waals surface area contributed by atoms with Gasteiger partial charge in [-0.05, 0) is 42.8 Å². The first-order valence-electron chi connectivity index (χ1n) is 7.05. The number of alkyl carbamates (subject to hydrolysis) is 1. The van der Waals surface area contributed by atoms with Crippen molar-refractivity contribution in [1.82, 2.24) is 10.6 Å². The molecule has 0 heterocycles. The third-order valence-electron chi connectivity index (χ3n) is 2.53. The Hall–Kier alpha value is -1.82. The normalized spacial score (nSPS) is 10.1. The molecule has 0 saturated heterocycles. The smallest absolute Gasteiger partial charge is 0.407 e. The highest BCUT2D eigenvalue weighted by molar-refractivity contribution is 7.80. The predicted octanol–water partition coefficient (Wildman–Crippen LogP) is 2.88. The lowest BCUT2D eigenvalue weighted by atomic mass is 10.2. The van der Waals surface area contributed by atoms with E-state index in [1.165, 1.54) is 0 Å². The van der Waals surface area contributed by atoms with Crippen LogP contribution >= 0.6 is 12.2 Å². The van der Waals surface area contributed by atoms with Crippen molar-refractivity contribution in [3.8, 4) is 0 Å². The van der Waals surface area contributed by atoms with Gasteiger partial charge < -0.3 is 20.7 Å². The first-order valence-corrected chi connectivity index (χ1v) is 7.46. The van der Waals surface area contributed by atoms with Crippen molar-refractivity contribution in [1.29, 1.82) is 0 Å². The number of amides is 1. The fourth-order valence-electron chi connectivity index (χ4n) is 1.51. The van der Waals surface area contributed by atoms with Crippen molar-refractivity contribution in [3.63, 3.8) is 0 Å². The van der Waals surface area contributed by atoms with Gasteiger partial charge in [-0.15, -0.1) is 0 Å². The fraction of sp³-hybridized carbons (Fsp3) is 0.467. The van der Waals surface area contributed by atoms with Crippen LogP contribution in [0.3, 0.4) is 0 Å². The van der Waals surface area contributed by atoms with Gasteiger partial charge in [-0.25, -0.2) is 4.79 Å². The minimum Gasteiger partial charge on any atom is -0.449 e. The Morgan fingerprint density at radius 3 is 2.48 bits per heavy atom. The van der Waals surface area contributed by atoms with Gasteiger partial charge in [0, 0.05) is 18.8 Å². The van der Waals surface area contributed by atoms with E-state index in [0.29, 0.717) is 24.2 Å². The molecule has 1 amide bonds. The van der Waals surface area contributed by atoms with Crippen LogP contribution in [0.25, 0.3) is 0 Å². The van der Waals surface area contributed by atoms with Gasteiger partial charge in [0.15, 0.2) is 5.11 Å². The number of rotatable bonds is 6. The minimum atomic E-state index is -0.390. The summed E-state index contributed by atoms with van der Waals surface area (Å²) in [6, 6.07) is 7.69. The van der Waals surface area contributed by atoms with Crippen molar-refractivity contribution in [2.24, 2.45) is 5.92 Å². The molecule has 0 radical (unpaired) electrons. The molecule has 5 nitrogen and oxygen atoms in total. The van der Waals surface area contributed by atoms with Crippen molar-refractivity contribution in [2.45, 2.75) is 27.3 Å². The molecule has 3 N–H and O–H groups in total. The van der Waals surface area contributed by atoms with Crippen molar-refractivity contribution in [2.75, 3.05) is 18.5 Å². The Morgan fingerprint density at radius 1 is 1.24 bits per heavy atom. The number of carbonyl (C=O) groups excluding carboxylic acids is 1. The Kier molecular flexibility index (Phi) is 7.53. The lowest BCUT2D eigenvalue weighted by Crippen LogP contribution is -2.28. The monoisotopic (exact) mass is 309 g/mol. The average Bonchev–Trinajstić information content (AvgIpc) is 2.44. The van der Waals surface area contributed by atoms with E-state index in [4.69, 9.17) is 17.0 Å². The Balaban J connectivity index is 2.37. The molecule has 116 valence electrons. The molecule has 6 heteroatoms. The summed E-state index contributed by atoms with van der Waals surface area (Å²) in [4.78, 5) is 11.4. The van der Waals surface area contributed by atoms with E-state index >= 15 is 0 Å². The van der Waals surface area contributed by atoms with E-state index in [0.717, 1.165) is 17.8 Å². The van der Waals surface area contributed by atoms with Crippen LogP contribution in [-0.4, -0.2) is 24.4 Å². The van der Waals surface area contributed by atoms with Gasteiger partial charge in [0.25, 0.3) is 0 Å². The molecule has 1 aromatic rings. The van der Waals surface area contributed by atoms with Crippen LogP contribution in [0.5, 0.6) is 0 Å². The van der Waals surface area contributed by atoms with Crippen molar-refractivity contribution in [3.05, 3.63) is 29.8 Å². The van der Waals surface area contributed by atoms with E-state index in [1.54, 1.807) is 0 Å². The van der Waals surface area contributed by atoms with Crippen LogP contribution in [0.4, 0.5) is 10.5 Å². The van der Waals surface area contributed by atoms with E-state index in [2.05, 4.69) is 16.0 Å². The third kappa shape index (κ3) is 7.51. The fourth-order valence-corrected chi connectivity index (χ4v) is 1.77. The summed E-state index contributed by atoms with van der Waals surface area (Å²) in [6.45, 7) is 7.63. The summed E-state index contributed by atoms with van der Waals surface area (Å²) >= 11 is 5.11. The summed E-state index contributed by atoms with van der Waals surface area (Å²) in [6.07, 6.45) is -0.390. The maximum atomic E-state index is 11.4. The molecule has 1 aromatic carbocycles. The van der Waals surface area contributed by atoms with E-state index in [1.807, 2.05) is 45.0 Å². The van der Waals surface area contributed by atoms with Crippen LogP contribution in [0.1, 0.15) is 26.3 Å². The highest BCUT2D eigenvalue weighted by atomic mass is 32.1. The van der Waals surface area contributed by atoms with Gasteiger partial charge in [0.05, 0.1) is 6.61 Å². The maximum Gasteiger partial charge on any atom is 0.407 e. The zero-order valence-electron chi connectivity index (χ0n) is 12.7. The number of hydrogen-bond acceptors (Lipinski definition) is 3. The number of ether oxygens (including phenoxy) is 1. The summed E-state index contributed by atoms with van der Waals surface area (Å²) in [5.74, 6) is 0.335. The molecule has 0 aliphatic carbocycles. The van der Waals surface area contributed by atoms with Gasteiger partial charge in [0.1, 0.15) is 0 Å². The Bertz CT molecular complexity index is 460. The predicted molar refractivity (Wildman–Crippen MR) is 89.4 cm³/mol. The molecular weight excluding hydrogens is 286 g/mol. The zero-order valence-corrected chi connectivity index (χ0v) is 13.5. The highest BCUT2D eigenvalue weighted by Crippen LogP contribution is 2.09. The number of carbonyl (C=O) groups is 1. The zero-order chi connectivity index (χ0) is 15.7. The molecule has 0 aliphatic heterocycles. The van der Waals surface area contributed by atoms with Gasteiger partial charge >= 0.3 is 6.09 Å². The summed E-state index contributed by atoms with van der Waals surface area (Å²) < 4.78 is 5.04. The topological polar surface area (TPSA) is 62.4 Å². The molecule has 0 spiro atoms. The molecule has 1 rings (SSSR count). The molecule has 0 aromatic heterocycles. The van der Waals surface area contributed by atoms with Crippen LogP contribution in [-0.2, 0) is 11.3 Å². The molecule has 0 saturated carbocycles. The minimum absolute atomic E-state index is 0.335. The second kappa shape index (κ2) is 9.18. The molecule has 0 fully saturated rings. The van der Waals surface area contributed by atoms with Gasteiger partial charge in [-0.3, -0.25) is 0 Å². The number of anilines is 1. The Labute approximate surface area is 131 Å².